The Labute approximate surface area is 154 Å². The molecule has 2 rings (SSSR count). The van der Waals surface area contributed by atoms with Gasteiger partial charge in [0, 0.05) is 10.2 Å². The lowest BCUT2D eigenvalue weighted by molar-refractivity contribution is -0.118. The minimum absolute atomic E-state index is 0.114. The van der Waals surface area contributed by atoms with Crippen LogP contribution in [0.2, 0.25) is 0 Å². The van der Waals surface area contributed by atoms with Crippen LogP contribution in [-0.4, -0.2) is 24.5 Å². The molecule has 0 aliphatic heterocycles. The number of carbonyl (C=O) groups excluding carboxylic acids is 1. The van der Waals surface area contributed by atoms with Crippen molar-refractivity contribution in [3.05, 3.63) is 64.1 Å². The lowest BCUT2D eigenvalue weighted by atomic mass is 10.2. The molecule has 4 nitrogen and oxygen atoms in total. The summed E-state index contributed by atoms with van der Waals surface area (Å²) in [7, 11) is 0. The average molecular weight is 407 g/mol. The number of hydrogen-bond donors (Lipinski definition) is 1. The van der Waals surface area contributed by atoms with Gasteiger partial charge >= 0.3 is 0 Å². The number of ether oxygens (including phenoxy) is 1. The third-order valence-electron chi connectivity index (χ3n) is 2.98. The van der Waals surface area contributed by atoms with Gasteiger partial charge in [-0.3, -0.25) is 4.79 Å². The summed E-state index contributed by atoms with van der Waals surface area (Å²) in [5.74, 6) is 1.86. The van der Waals surface area contributed by atoms with Crippen molar-refractivity contribution in [3.8, 4) is 5.75 Å². The van der Waals surface area contributed by atoms with Gasteiger partial charge in [0.1, 0.15) is 5.75 Å². The molecule has 0 unspecified atom stereocenters. The van der Waals surface area contributed by atoms with Crippen LogP contribution in [0, 0.1) is 0 Å². The molecule has 0 radical (unpaired) electrons. The number of amides is 1. The van der Waals surface area contributed by atoms with E-state index in [9.17, 15) is 4.79 Å². The largest absolute Gasteiger partial charge is 0.494 e. The maximum atomic E-state index is 11.8. The second-order valence-corrected chi connectivity index (χ2v) is 6.82. The fraction of sp³-hybridized carbons (Fsp3) is 0.222. The van der Waals surface area contributed by atoms with Crippen LogP contribution >= 0.6 is 27.7 Å². The van der Waals surface area contributed by atoms with Crippen molar-refractivity contribution in [1.29, 1.82) is 0 Å². The first-order chi connectivity index (χ1) is 11.7. The van der Waals surface area contributed by atoms with E-state index in [1.165, 1.54) is 5.56 Å². The number of halogens is 1. The first-order valence-electron chi connectivity index (χ1n) is 7.54. The Hall–Kier alpha value is -1.79. The van der Waals surface area contributed by atoms with E-state index >= 15 is 0 Å². The van der Waals surface area contributed by atoms with Crippen LogP contribution in [0.15, 0.2) is 58.1 Å². The van der Waals surface area contributed by atoms with Crippen LogP contribution in [0.5, 0.6) is 5.75 Å². The van der Waals surface area contributed by atoms with Gasteiger partial charge in [-0.05, 0) is 54.4 Å². The summed E-state index contributed by atoms with van der Waals surface area (Å²) in [6.07, 6.45) is 1.62. The SMILES string of the molecule is CCOc1ccc(/C=N\NC(=O)CSCc2cccc(Br)c2)cc1. The molecule has 2 aromatic carbocycles. The molecule has 0 atom stereocenters. The number of carbonyl (C=O) groups is 1. The Balaban J connectivity index is 1.70. The zero-order valence-corrected chi connectivity index (χ0v) is 15.8. The molecule has 0 saturated carbocycles. The second kappa shape index (κ2) is 10.2. The predicted octanol–water partition coefficient (Wildman–Crippen LogP) is 4.23. The van der Waals surface area contributed by atoms with Gasteiger partial charge in [0.05, 0.1) is 18.6 Å². The second-order valence-electron chi connectivity index (χ2n) is 4.92. The molecule has 126 valence electrons. The summed E-state index contributed by atoms with van der Waals surface area (Å²) in [6.45, 7) is 2.58. The van der Waals surface area contributed by atoms with E-state index in [0.717, 1.165) is 21.5 Å². The maximum Gasteiger partial charge on any atom is 0.250 e. The Morgan fingerprint density at radius 1 is 1.29 bits per heavy atom. The van der Waals surface area contributed by atoms with Crippen LogP contribution < -0.4 is 10.2 Å². The Kier molecular flexibility index (Phi) is 7.85. The van der Waals surface area contributed by atoms with Crippen molar-refractivity contribution in [2.75, 3.05) is 12.4 Å². The number of thioether (sulfide) groups is 1. The van der Waals surface area contributed by atoms with Gasteiger partial charge in [-0.15, -0.1) is 11.8 Å². The normalized spacial score (nSPS) is 10.8. The molecule has 0 aliphatic carbocycles. The van der Waals surface area contributed by atoms with Crippen molar-refractivity contribution in [2.24, 2.45) is 5.10 Å². The van der Waals surface area contributed by atoms with E-state index in [-0.39, 0.29) is 5.91 Å². The van der Waals surface area contributed by atoms with Crippen molar-refractivity contribution in [3.63, 3.8) is 0 Å². The van der Waals surface area contributed by atoms with E-state index < -0.39 is 0 Å². The molecule has 1 amide bonds. The molecule has 1 N–H and O–H groups in total. The highest BCUT2D eigenvalue weighted by molar-refractivity contribution is 9.10. The van der Waals surface area contributed by atoms with Crippen molar-refractivity contribution >= 4 is 39.8 Å². The van der Waals surface area contributed by atoms with E-state index in [0.29, 0.717) is 12.4 Å². The van der Waals surface area contributed by atoms with Crippen LogP contribution in [0.3, 0.4) is 0 Å². The molecule has 0 fully saturated rings. The number of benzene rings is 2. The van der Waals surface area contributed by atoms with Crippen molar-refractivity contribution < 1.29 is 9.53 Å². The predicted molar refractivity (Wildman–Crippen MR) is 104 cm³/mol. The van der Waals surface area contributed by atoms with Crippen LogP contribution in [0.25, 0.3) is 0 Å². The van der Waals surface area contributed by atoms with Crippen molar-refractivity contribution in [1.82, 2.24) is 5.43 Å². The molecule has 2 aromatic rings. The summed E-state index contributed by atoms with van der Waals surface area (Å²) in [5.41, 5.74) is 4.62. The van der Waals surface area contributed by atoms with E-state index in [2.05, 4.69) is 32.5 Å². The van der Waals surface area contributed by atoms with Crippen LogP contribution in [0.4, 0.5) is 0 Å². The summed E-state index contributed by atoms with van der Waals surface area (Å²) in [5, 5.41) is 3.97. The van der Waals surface area contributed by atoms with E-state index in [4.69, 9.17) is 4.74 Å². The van der Waals surface area contributed by atoms with Gasteiger partial charge in [-0.2, -0.15) is 5.10 Å². The molecular weight excluding hydrogens is 388 g/mol. The minimum Gasteiger partial charge on any atom is -0.494 e. The Morgan fingerprint density at radius 2 is 2.08 bits per heavy atom. The summed E-state index contributed by atoms with van der Waals surface area (Å²) < 4.78 is 6.42. The summed E-state index contributed by atoms with van der Waals surface area (Å²) >= 11 is 4.99. The molecule has 0 saturated heterocycles. The number of nitrogens with one attached hydrogen (secondary N) is 1. The highest BCUT2D eigenvalue weighted by atomic mass is 79.9. The van der Waals surface area contributed by atoms with Gasteiger partial charge in [0.25, 0.3) is 0 Å². The van der Waals surface area contributed by atoms with Crippen LogP contribution in [0.1, 0.15) is 18.1 Å². The topological polar surface area (TPSA) is 50.7 Å². The fourth-order valence-electron chi connectivity index (χ4n) is 1.92. The Morgan fingerprint density at radius 3 is 2.79 bits per heavy atom. The third kappa shape index (κ3) is 6.76. The summed E-state index contributed by atoms with van der Waals surface area (Å²) in [6, 6.07) is 15.6. The number of rotatable bonds is 8. The molecule has 6 heteroatoms. The van der Waals surface area contributed by atoms with Crippen molar-refractivity contribution in [2.45, 2.75) is 12.7 Å². The van der Waals surface area contributed by atoms with Gasteiger partial charge in [0.15, 0.2) is 0 Å². The monoisotopic (exact) mass is 406 g/mol. The zero-order chi connectivity index (χ0) is 17.2. The standard InChI is InChI=1S/C18H19BrN2O2S/c1-2-23-17-8-6-14(7-9-17)11-20-21-18(22)13-24-12-15-4-3-5-16(19)10-15/h3-11H,2,12-13H2,1H3,(H,21,22)/b20-11-. The number of hydrazone groups is 1. The molecular formula is C18H19BrN2O2S. The molecule has 0 spiro atoms. The lowest BCUT2D eigenvalue weighted by Crippen LogP contribution is -2.19. The highest BCUT2D eigenvalue weighted by Crippen LogP contribution is 2.16. The molecule has 0 aliphatic rings. The fourth-order valence-corrected chi connectivity index (χ4v) is 3.13. The minimum atomic E-state index is -0.114. The first-order valence-corrected chi connectivity index (χ1v) is 9.49. The van der Waals surface area contributed by atoms with Crippen LogP contribution in [-0.2, 0) is 10.5 Å². The Bertz CT molecular complexity index is 690. The highest BCUT2D eigenvalue weighted by Gasteiger charge is 2.01. The first kappa shape index (κ1) is 18.5. The lowest BCUT2D eigenvalue weighted by Gasteiger charge is -2.03. The molecule has 0 bridgehead atoms. The van der Waals surface area contributed by atoms with Gasteiger partial charge < -0.3 is 4.74 Å². The third-order valence-corrected chi connectivity index (χ3v) is 4.48. The number of nitrogens with zero attached hydrogens (tertiary/aromatic N) is 1. The quantitative estimate of drug-likeness (QED) is 0.526. The molecule has 0 aromatic heterocycles. The van der Waals surface area contributed by atoms with Gasteiger partial charge in [-0.1, -0.05) is 28.1 Å². The molecule has 24 heavy (non-hydrogen) atoms. The zero-order valence-electron chi connectivity index (χ0n) is 13.4. The van der Waals surface area contributed by atoms with E-state index in [1.54, 1.807) is 18.0 Å². The van der Waals surface area contributed by atoms with Gasteiger partial charge in [0.2, 0.25) is 5.91 Å². The average Bonchev–Trinajstić information content (AvgIpc) is 2.57. The summed E-state index contributed by atoms with van der Waals surface area (Å²) in [4.78, 5) is 11.8. The number of hydrogen-bond acceptors (Lipinski definition) is 4. The smallest absolute Gasteiger partial charge is 0.250 e. The molecule has 0 heterocycles. The van der Waals surface area contributed by atoms with Gasteiger partial charge in [-0.25, -0.2) is 5.43 Å². The van der Waals surface area contributed by atoms with E-state index in [1.807, 2.05) is 49.4 Å². The maximum absolute atomic E-state index is 11.8.